The lowest BCUT2D eigenvalue weighted by molar-refractivity contribution is 0.315. The summed E-state index contributed by atoms with van der Waals surface area (Å²) in [6.07, 6.45) is 3.23. The van der Waals surface area contributed by atoms with Crippen molar-refractivity contribution in [3.8, 4) is 0 Å². The first-order valence-corrected chi connectivity index (χ1v) is 8.89. The third-order valence-corrected chi connectivity index (χ3v) is 4.61. The molecule has 1 aromatic carbocycles. The van der Waals surface area contributed by atoms with Crippen LogP contribution in [0.3, 0.4) is 0 Å². The standard InChI is InChI=1S/C16H20ClN5S/c1-3-4-5-15-18-14(16(17)19-15)10-22(2)9-11-6-7-12-13(8-11)21-23-20-12/h6-8H,3-5,9-10H2,1-2H3,(H,18,19). The van der Waals surface area contributed by atoms with E-state index in [1.54, 1.807) is 0 Å². The molecule has 0 radical (unpaired) electrons. The molecular formula is C16H20ClN5S. The number of benzene rings is 1. The molecule has 1 N–H and O–H groups in total. The summed E-state index contributed by atoms with van der Waals surface area (Å²) in [4.78, 5) is 9.97. The molecule has 0 aliphatic heterocycles. The Bertz CT molecular complexity index is 782. The van der Waals surface area contributed by atoms with E-state index in [0.717, 1.165) is 54.9 Å². The topological polar surface area (TPSA) is 57.7 Å². The highest BCUT2D eigenvalue weighted by atomic mass is 35.5. The molecule has 2 aromatic heterocycles. The summed E-state index contributed by atoms with van der Waals surface area (Å²) in [7, 11) is 2.08. The van der Waals surface area contributed by atoms with Gasteiger partial charge in [0.2, 0.25) is 0 Å². The van der Waals surface area contributed by atoms with Crippen molar-refractivity contribution >= 4 is 34.4 Å². The molecule has 0 spiro atoms. The molecule has 5 nitrogen and oxygen atoms in total. The molecule has 0 saturated heterocycles. The van der Waals surface area contributed by atoms with Gasteiger partial charge in [0.15, 0.2) is 5.15 Å². The van der Waals surface area contributed by atoms with Gasteiger partial charge in [-0.2, -0.15) is 8.75 Å². The largest absolute Gasteiger partial charge is 0.344 e. The van der Waals surface area contributed by atoms with Crippen LogP contribution in [0.2, 0.25) is 5.15 Å². The summed E-state index contributed by atoms with van der Waals surface area (Å²) >= 11 is 7.50. The Morgan fingerprint density at radius 3 is 2.87 bits per heavy atom. The third kappa shape index (κ3) is 4.07. The molecule has 0 aliphatic carbocycles. The Hall–Kier alpha value is -1.50. The van der Waals surface area contributed by atoms with Gasteiger partial charge in [0.25, 0.3) is 0 Å². The fourth-order valence-electron chi connectivity index (χ4n) is 2.57. The van der Waals surface area contributed by atoms with Gasteiger partial charge < -0.3 is 4.98 Å². The van der Waals surface area contributed by atoms with Crippen LogP contribution >= 0.6 is 23.3 Å². The first-order chi connectivity index (χ1) is 11.2. The molecule has 7 heteroatoms. The van der Waals surface area contributed by atoms with Crippen LogP contribution in [-0.4, -0.2) is 30.7 Å². The first-order valence-electron chi connectivity index (χ1n) is 7.78. The third-order valence-electron chi connectivity index (χ3n) is 3.74. The molecule has 0 saturated carbocycles. The fourth-order valence-corrected chi connectivity index (χ4v) is 3.30. The van der Waals surface area contributed by atoms with Crippen molar-refractivity contribution in [3.05, 3.63) is 40.4 Å². The van der Waals surface area contributed by atoms with E-state index in [9.17, 15) is 0 Å². The van der Waals surface area contributed by atoms with Crippen LogP contribution in [0.15, 0.2) is 18.2 Å². The normalized spacial score (nSPS) is 11.7. The van der Waals surface area contributed by atoms with Crippen LogP contribution in [0.25, 0.3) is 11.0 Å². The van der Waals surface area contributed by atoms with E-state index in [1.165, 1.54) is 17.3 Å². The van der Waals surface area contributed by atoms with Gasteiger partial charge in [-0.3, -0.25) is 4.90 Å². The number of nitrogens with zero attached hydrogens (tertiary/aromatic N) is 4. The maximum Gasteiger partial charge on any atom is 0.151 e. The molecule has 0 aliphatic rings. The van der Waals surface area contributed by atoms with E-state index in [2.05, 4.69) is 49.7 Å². The van der Waals surface area contributed by atoms with E-state index >= 15 is 0 Å². The summed E-state index contributed by atoms with van der Waals surface area (Å²) in [5, 5.41) is 0.585. The lowest BCUT2D eigenvalue weighted by Gasteiger charge is -2.15. The van der Waals surface area contributed by atoms with E-state index < -0.39 is 0 Å². The van der Waals surface area contributed by atoms with E-state index in [-0.39, 0.29) is 0 Å². The number of aromatic amines is 1. The average Bonchev–Trinajstić information content (AvgIpc) is 3.11. The van der Waals surface area contributed by atoms with Crippen molar-refractivity contribution in [1.82, 2.24) is 23.6 Å². The van der Waals surface area contributed by atoms with Crippen molar-refractivity contribution in [3.63, 3.8) is 0 Å². The van der Waals surface area contributed by atoms with E-state index in [1.807, 2.05) is 6.07 Å². The molecule has 0 bridgehead atoms. The van der Waals surface area contributed by atoms with E-state index in [4.69, 9.17) is 11.6 Å². The maximum atomic E-state index is 6.25. The molecule has 0 unspecified atom stereocenters. The number of nitrogens with one attached hydrogen (secondary N) is 1. The molecule has 23 heavy (non-hydrogen) atoms. The SMILES string of the molecule is CCCCc1nc(Cl)c(CN(C)Cc2ccc3nsnc3c2)[nH]1. The lowest BCUT2D eigenvalue weighted by atomic mass is 10.2. The van der Waals surface area contributed by atoms with Gasteiger partial charge in [-0.25, -0.2) is 4.98 Å². The minimum absolute atomic E-state index is 0.585. The van der Waals surface area contributed by atoms with Crippen molar-refractivity contribution in [2.75, 3.05) is 7.05 Å². The fraction of sp³-hybridized carbons (Fsp3) is 0.438. The van der Waals surface area contributed by atoms with Gasteiger partial charge in [0.05, 0.1) is 17.4 Å². The highest BCUT2D eigenvalue weighted by molar-refractivity contribution is 7.00. The van der Waals surface area contributed by atoms with Crippen LogP contribution < -0.4 is 0 Å². The molecule has 3 aromatic rings. The highest BCUT2D eigenvalue weighted by Crippen LogP contribution is 2.18. The number of imidazole rings is 1. The minimum atomic E-state index is 0.585. The molecule has 0 amide bonds. The van der Waals surface area contributed by atoms with Crippen molar-refractivity contribution < 1.29 is 0 Å². The second kappa shape index (κ2) is 7.38. The van der Waals surface area contributed by atoms with E-state index in [0.29, 0.717) is 5.15 Å². The number of halogens is 1. The minimum Gasteiger partial charge on any atom is -0.344 e. The Kier molecular flexibility index (Phi) is 5.25. The zero-order valence-electron chi connectivity index (χ0n) is 13.3. The van der Waals surface area contributed by atoms with Crippen LogP contribution in [0.5, 0.6) is 0 Å². The molecule has 2 heterocycles. The molecule has 0 fully saturated rings. The smallest absolute Gasteiger partial charge is 0.151 e. The van der Waals surface area contributed by atoms with Gasteiger partial charge in [-0.05, 0) is 31.2 Å². The van der Waals surface area contributed by atoms with Gasteiger partial charge in [0, 0.05) is 19.5 Å². The number of unbranched alkanes of at least 4 members (excludes halogenated alkanes) is 1. The Balaban J connectivity index is 1.64. The second-order valence-corrected chi connectivity index (χ2v) is 6.70. The molecule has 122 valence electrons. The Morgan fingerprint density at radius 1 is 1.22 bits per heavy atom. The monoisotopic (exact) mass is 349 g/mol. The maximum absolute atomic E-state index is 6.25. The summed E-state index contributed by atoms with van der Waals surface area (Å²) < 4.78 is 8.52. The molecule has 3 rings (SSSR count). The number of H-pyrrole nitrogens is 1. The molecule has 0 atom stereocenters. The van der Waals surface area contributed by atoms with Crippen molar-refractivity contribution in [2.45, 2.75) is 39.3 Å². The highest BCUT2D eigenvalue weighted by Gasteiger charge is 2.11. The molecular weight excluding hydrogens is 330 g/mol. The summed E-state index contributed by atoms with van der Waals surface area (Å²) in [6, 6.07) is 6.21. The predicted octanol–water partition coefficient (Wildman–Crippen LogP) is 4.04. The van der Waals surface area contributed by atoms with Gasteiger partial charge in [0.1, 0.15) is 16.9 Å². The number of fused-ring (bicyclic) bond motifs is 1. The number of hydrogen-bond acceptors (Lipinski definition) is 5. The first kappa shape index (κ1) is 16.4. The summed E-state index contributed by atoms with van der Waals surface area (Å²) in [5.41, 5.74) is 4.12. The lowest BCUT2D eigenvalue weighted by Crippen LogP contribution is -2.17. The zero-order valence-corrected chi connectivity index (χ0v) is 14.9. The predicted molar refractivity (Wildman–Crippen MR) is 94.8 cm³/mol. The van der Waals surface area contributed by atoms with Crippen LogP contribution in [-0.2, 0) is 19.5 Å². The van der Waals surface area contributed by atoms with Gasteiger partial charge >= 0.3 is 0 Å². The van der Waals surface area contributed by atoms with Crippen molar-refractivity contribution in [1.29, 1.82) is 0 Å². The van der Waals surface area contributed by atoms with Gasteiger partial charge in [-0.1, -0.05) is 31.0 Å². The number of rotatable bonds is 7. The van der Waals surface area contributed by atoms with Gasteiger partial charge in [-0.15, -0.1) is 0 Å². The Labute approximate surface area is 145 Å². The average molecular weight is 350 g/mol. The quantitative estimate of drug-likeness (QED) is 0.699. The van der Waals surface area contributed by atoms with Crippen LogP contribution in [0, 0.1) is 0 Å². The Morgan fingerprint density at radius 2 is 2.04 bits per heavy atom. The number of hydrogen-bond donors (Lipinski definition) is 1. The zero-order chi connectivity index (χ0) is 16.2. The summed E-state index contributed by atoms with van der Waals surface area (Å²) in [6.45, 7) is 3.74. The van der Waals surface area contributed by atoms with Crippen molar-refractivity contribution in [2.24, 2.45) is 0 Å². The van der Waals surface area contributed by atoms with Crippen LogP contribution in [0.1, 0.15) is 36.8 Å². The second-order valence-electron chi connectivity index (χ2n) is 5.82. The summed E-state index contributed by atoms with van der Waals surface area (Å²) in [5.74, 6) is 0.982. The number of aromatic nitrogens is 4. The van der Waals surface area contributed by atoms with Crippen LogP contribution in [0.4, 0.5) is 0 Å². The number of aryl methyl sites for hydroxylation is 1.